The molecule has 2 amide bonds. The molecule has 2 aliphatic carbocycles. The summed E-state index contributed by atoms with van der Waals surface area (Å²) >= 11 is 0. The number of hydrogen-bond donors (Lipinski definition) is 0. The van der Waals surface area contributed by atoms with Crippen LogP contribution in [0, 0.1) is 16.7 Å². The lowest BCUT2D eigenvalue weighted by Crippen LogP contribution is -2.57. The van der Waals surface area contributed by atoms with Gasteiger partial charge in [-0.05, 0) is 58.2 Å². The van der Waals surface area contributed by atoms with Crippen LogP contribution >= 0.6 is 0 Å². The quantitative estimate of drug-likeness (QED) is 0.608. The molecule has 3 aliphatic rings. The zero-order valence-corrected chi connectivity index (χ0v) is 20.9. The van der Waals surface area contributed by atoms with Gasteiger partial charge in [-0.1, -0.05) is 36.8 Å². The Labute approximate surface area is 198 Å². The smallest absolute Gasteiger partial charge is 0.320 e. The Morgan fingerprint density at radius 3 is 2.18 bits per heavy atom. The van der Waals surface area contributed by atoms with Crippen LogP contribution in [-0.2, 0) is 15.4 Å². The number of hydrogen-bond acceptors (Lipinski definition) is 5. The molecule has 3 fully saturated rings. The Kier molecular flexibility index (Phi) is 6.25. The van der Waals surface area contributed by atoms with Crippen LogP contribution in [0.25, 0.3) is 0 Å². The maximum Gasteiger partial charge on any atom is 0.320 e. The van der Waals surface area contributed by atoms with Crippen molar-refractivity contribution in [1.29, 1.82) is 5.26 Å². The van der Waals surface area contributed by atoms with Gasteiger partial charge in [0, 0.05) is 31.4 Å². The molecule has 0 N–H and O–H groups in total. The number of nitriles is 1. The summed E-state index contributed by atoms with van der Waals surface area (Å²) in [5.74, 6) is -0.0301. The van der Waals surface area contributed by atoms with Crippen molar-refractivity contribution < 1.29 is 13.2 Å². The Morgan fingerprint density at radius 1 is 1.06 bits per heavy atom. The lowest BCUT2D eigenvalue weighted by molar-refractivity contribution is 0.00733. The zero-order valence-electron chi connectivity index (χ0n) is 20.1. The van der Waals surface area contributed by atoms with E-state index in [1.807, 2.05) is 11.0 Å². The molecule has 8 heteroatoms. The Bertz CT molecular complexity index is 1020. The van der Waals surface area contributed by atoms with Crippen LogP contribution in [0.1, 0.15) is 50.5 Å². The van der Waals surface area contributed by atoms with Crippen molar-refractivity contribution in [3.05, 3.63) is 35.9 Å². The van der Waals surface area contributed by atoms with Gasteiger partial charge >= 0.3 is 6.03 Å². The van der Waals surface area contributed by atoms with Crippen LogP contribution in [0.15, 0.2) is 30.3 Å². The summed E-state index contributed by atoms with van der Waals surface area (Å²) in [7, 11) is 1.08. The number of amides is 2. The predicted octanol–water partition coefficient (Wildman–Crippen LogP) is 3.23. The number of rotatable bonds is 7. The number of benzene rings is 1. The third kappa shape index (κ3) is 4.38. The number of urea groups is 1. The van der Waals surface area contributed by atoms with E-state index in [1.54, 1.807) is 4.90 Å². The second-order valence-corrected chi connectivity index (χ2v) is 12.9. The standard InChI is InChI=1S/C25H36N4O3S/c1-27(2)25(21-8-5-4-6-9-21)14-12-24(13-15-25)20-28(16-17-33(3,31)32)22(30)29(24)19-23(18-26)10-7-11-23/h4-6,8-9H,7,10-17,19-20H2,1-3H3/t24-,25-. The first-order valence-electron chi connectivity index (χ1n) is 11.9. The third-order valence-electron chi connectivity index (χ3n) is 8.47. The van der Waals surface area contributed by atoms with Crippen molar-refractivity contribution >= 4 is 15.9 Å². The molecule has 33 heavy (non-hydrogen) atoms. The molecule has 1 aromatic rings. The lowest BCUT2D eigenvalue weighted by atomic mass is 9.66. The Balaban J connectivity index is 1.62. The molecule has 2 saturated carbocycles. The van der Waals surface area contributed by atoms with Gasteiger partial charge in [-0.3, -0.25) is 4.90 Å². The van der Waals surface area contributed by atoms with Gasteiger partial charge < -0.3 is 9.80 Å². The minimum absolute atomic E-state index is 0.0301. The number of carbonyl (C=O) groups is 1. The summed E-state index contributed by atoms with van der Waals surface area (Å²) in [5.41, 5.74) is 0.403. The largest absolute Gasteiger partial charge is 0.321 e. The van der Waals surface area contributed by atoms with E-state index in [1.165, 1.54) is 11.8 Å². The Morgan fingerprint density at radius 2 is 1.70 bits per heavy atom. The van der Waals surface area contributed by atoms with Gasteiger partial charge in [0.1, 0.15) is 9.84 Å². The fraction of sp³-hybridized carbons (Fsp3) is 0.680. The molecule has 180 valence electrons. The van der Waals surface area contributed by atoms with Crippen molar-refractivity contribution in [3.8, 4) is 6.07 Å². The second-order valence-electron chi connectivity index (χ2n) is 10.7. The number of sulfone groups is 1. The maximum atomic E-state index is 13.5. The molecule has 1 spiro atoms. The monoisotopic (exact) mass is 472 g/mol. The van der Waals surface area contributed by atoms with Crippen LogP contribution in [0.2, 0.25) is 0 Å². The van der Waals surface area contributed by atoms with Gasteiger partial charge in [-0.2, -0.15) is 5.26 Å². The summed E-state index contributed by atoms with van der Waals surface area (Å²) < 4.78 is 23.6. The molecule has 7 nitrogen and oxygen atoms in total. The predicted molar refractivity (Wildman–Crippen MR) is 128 cm³/mol. The van der Waals surface area contributed by atoms with Gasteiger partial charge in [0.15, 0.2) is 0 Å². The van der Waals surface area contributed by atoms with Gasteiger partial charge in [0.2, 0.25) is 0 Å². The van der Waals surface area contributed by atoms with E-state index in [9.17, 15) is 18.5 Å². The van der Waals surface area contributed by atoms with Gasteiger partial charge in [0.25, 0.3) is 0 Å². The zero-order chi connectivity index (χ0) is 23.9. The molecule has 0 atom stereocenters. The van der Waals surface area contributed by atoms with Crippen molar-refractivity contribution in [2.24, 2.45) is 5.41 Å². The molecular weight excluding hydrogens is 436 g/mol. The first-order chi connectivity index (χ1) is 15.5. The Hall–Kier alpha value is -2.11. The second kappa shape index (κ2) is 8.59. The summed E-state index contributed by atoms with van der Waals surface area (Å²) in [4.78, 5) is 19.5. The first kappa shape index (κ1) is 24.0. The summed E-state index contributed by atoms with van der Waals surface area (Å²) in [6.45, 7) is 1.21. The van der Waals surface area contributed by atoms with Gasteiger partial charge in [-0.25, -0.2) is 13.2 Å². The van der Waals surface area contributed by atoms with E-state index in [2.05, 4.69) is 49.3 Å². The van der Waals surface area contributed by atoms with E-state index in [0.717, 1.165) is 44.9 Å². The lowest BCUT2D eigenvalue weighted by Gasteiger charge is -2.52. The summed E-state index contributed by atoms with van der Waals surface area (Å²) in [6, 6.07) is 13.0. The molecule has 1 aliphatic heterocycles. The van der Waals surface area contributed by atoms with Gasteiger partial charge in [-0.15, -0.1) is 0 Å². The fourth-order valence-electron chi connectivity index (χ4n) is 6.08. The molecule has 0 unspecified atom stereocenters. The molecule has 1 saturated heterocycles. The van der Waals surface area contributed by atoms with Crippen LogP contribution in [-0.4, -0.2) is 80.4 Å². The normalized spacial score (nSPS) is 29.4. The molecule has 0 radical (unpaired) electrons. The van der Waals surface area contributed by atoms with E-state index in [-0.39, 0.29) is 29.4 Å². The van der Waals surface area contributed by atoms with Crippen molar-refractivity contribution in [2.45, 2.75) is 56.0 Å². The number of nitrogens with zero attached hydrogens (tertiary/aromatic N) is 4. The molecule has 0 aromatic heterocycles. The topological polar surface area (TPSA) is 84.7 Å². The minimum atomic E-state index is -3.17. The minimum Gasteiger partial charge on any atom is -0.321 e. The first-order valence-corrected chi connectivity index (χ1v) is 14.0. The molecule has 4 rings (SSSR count). The van der Waals surface area contributed by atoms with Gasteiger partial charge in [0.05, 0.1) is 22.8 Å². The van der Waals surface area contributed by atoms with Crippen molar-refractivity contribution in [2.75, 3.05) is 45.7 Å². The summed E-state index contributed by atoms with van der Waals surface area (Å²) in [5, 5.41) is 9.86. The number of carbonyl (C=O) groups excluding carboxylic acids is 1. The SMILES string of the molecule is CN(C)[C@]1(c2ccccc2)CC[C@@]2(CC1)CN(CCS(C)(=O)=O)C(=O)N2CC1(C#N)CCC1. The summed E-state index contributed by atoms with van der Waals surface area (Å²) in [6.07, 6.45) is 7.40. The highest BCUT2D eigenvalue weighted by Crippen LogP contribution is 2.51. The maximum absolute atomic E-state index is 13.5. The van der Waals surface area contributed by atoms with E-state index < -0.39 is 15.3 Å². The highest BCUT2D eigenvalue weighted by molar-refractivity contribution is 7.90. The molecule has 0 bridgehead atoms. The third-order valence-corrected chi connectivity index (χ3v) is 9.40. The highest BCUT2D eigenvalue weighted by Gasteiger charge is 2.56. The molecule has 1 aromatic carbocycles. The fourth-order valence-corrected chi connectivity index (χ4v) is 6.63. The van der Waals surface area contributed by atoms with Crippen molar-refractivity contribution in [1.82, 2.24) is 14.7 Å². The average molecular weight is 473 g/mol. The van der Waals surface area contributed by atoms with E-state index in [4.69, 9.17) is 0 Å². The van der Waals surface area contributed by atoms with Crippen LogP contribution in [0.5, 0.6) is 0 Å². The van der Waals surface area contributed by atoms with E-state index in [0.29, 0.717) is 13.1 Å². The average Bonchev–Trinajstić information content (AvgIpc) is 3.00. The highest BCUT2D eigenvalue weighted by atomic mass is 32.2. The van der Waals surface area contributed by atoms with Crippen LogP contribution < -0.4 is 0 Å². The van der Waals surface area contributed by atoms with Crippen molar-refractivity contribution in [3.63, 3.8) is 0 Å². The molecular formula is C25H36N4O3S. The van der Waals surface area contributed by atoms with Crippen LogP contribution in [0.4, 0.5) is 4.79 Å². The van der Waals surface area contributed by atoms with E-state index >= 15 is 0 Å². The van der Waals surface area contributed by atoms with Crippen LogP contribution in [0.3, 0.4) is 0 Å². The molecule has 1 heterocycles.